The van der Waals surface area contributed by atoms with E-state index < -0.39 is 0 Å². The average molecular weight is 361 g/mol. The molecule has 6 heteroatoms. The third-order valence-electron chi connectivity index (χ3n) is 4.00. The van der Waals surface area contributed by atoms with Crippen LogP contribution in [0.5, 0.6) is 28.9 Å². The molecular weight excluding hydrogens is 342 g/mol. The first-order valence-corrected chi connectivity index (χ1v) is 8.53. The fraction of sp³-hybridized carbons (Fsp3) is 0.0952. The summed E-state index contributed by atoms with van der Waals surface area (Å²) in [4.78, 5) is 8.65. The van der Waals surface area contributed by atoms with Crippen molar-refractivity contribution in [1.29, 1.82) is 0 Å². The highest BCUT2D eigenvalue weighted by Crippen LogP contribution is 2.32. The Morgan fingerprint density at radius 3 is 2.44 bits per heavy atom. The first-order chi connectivity index (χ1) is 13.2. The van der Waals surface area contributed by atoms with E-state index in [2.05, 4.69) is 9.88 Å². The van der Waals surface area contributed by atoms with Crippen molar-refractivity contribution in [2.45, 2.75) is 0 Å². The lowest BCUT2D eigenvalue weighted by Gasteiger charge is -2.17. The van der Waals surface area contributed by atoms with Crippen LogP contribution < -0.4 is 14.4 Å². The number of phenolic OH excluding ortho intramolecular Hbond substituents is 1. The molecule has 2 aromatic carbocycles. The van der Waals surface area contributed by atoms with Gasteiger partial charge in [0.1, 0.15) is 17.3 Å². The van der Waals surface area contributed by atoms with E-state index in [-0.39, 0.29) is 5.75 Å². The molecule has 1 aliphatic heterocycles. The van der Waals surface area contributed by atoms with E-state index in [0.717, 1.165) is 12.5 Å². The normalized spacial score (nSPS) is 13.1. The molecule has 0 saturated carbocycles. The molecule has 0 atom stereocenters. The van der Waals surface area contributed by atoms with Crippen LogP contribution >= 0.6 is 0 Å². The molecule has 0 saturated heterocycles. The minimum absolute atomic E-state index is 0.0850. The van der Waals surface area contributed by atoms with Crippen molar-refractivity contribution < 1.29 is 14.6 Å². The van der Waals surface area contributed by atoms with Crippen LogP contribution in [0.1, 0.15) is 0 Å². The lowest BCUT2D eigenvalue weighted by atomic mass is 10.3. The van der Waals surface area contributed by atoms with Crippen LogP contribution in [0.15, 0.2) is 79.1 Å². The van der Waals surface area contributed by atoms with Crippen molar-refractivity contribution in [1.82, 2.24) is 9.88 Å². The Labute approximate surface area is 157 Å². The van der Waals surface area contributed by atoms with Gasteiger partial charge in [0.15, 0.2) is 11.5 Å². The number of pyridine rings is 1. The van der Waals surface area contributed by atoms with Gasteiger partial charge in [-0.25, -0.2) is 0 Å². The molecule has 1 N–H and O–H groups in total. The van der Waals surface area contributed by atoms with Gasteiger partial charge in [0.25, 0.3) is 0 Å². The van der Waals surface area contributed by atoms with E-state index >= 15 is 0 Å². The number of para-hydroxylation sites is 2. The first kappa shape index (κ1) is 16.8. The molecule has 1 aromatic heterocycles. The summed E-state index contributed by atoms with van der Waals surface area (Å²) < 4.78 is 11.6. The lowest BCUT2D eigenvalue weighted by molar-refractivity contribution is 0.407. The second-order valence-corrected chi connectivity index (χ2v) is 6.15. The minimum Gasteiger partial charge on any atom is -0.504 e. The number of aromatic hydroxyl groups is 1. The molecule has 3 aromatic rings. The van der Waals surface area contributed by atoms with Gasteiger partial charge in [-0.2, -0.15) is 4.98 Å². The smallest absolute Gasteiger partial charge is 0.221 e. The molecule has 4 rings (SSSR count). The largest absolute Gasteiger partial charge is 0.504 e. The lowest BCUT2D eigenvalue weighted by Crippen LogP contribution is -2.22. The maximum Gasteiger partial charge on any atom is 0.221 e. The second-order valence-electron chi connectivity index (χ2n) is 6.15. The fourth-order valence-electron chi connectivity index (χ4n) is 2.69. The summed E-state index contributed by atoms with van der Waals surface area (Å²) in [5.41, 5.74) is 0. The van der Waals surface area contributed by atoms with E-state index in [1.54, 1.807) is 36.4 Å². The summed E-state index contributed by atoms with van der Waals surface area (Å²) in [6.07, 6.45) is 3.97. The number of ether oxygens (including phenoxy) is 2. The molecule has 0 radical (unpaired) electrons. The number of rotatable bonds is 5. The molecule has 0 fully saturated rings. The molecule has 0 bridgehead atoms. The van der Waals surface area contributed by atoms with E-state index in [9.17, 15) is 5.11 Å². The van der Waals surface area contributed by atoms with Gasteiger partial charge in [-0.1, -0.05) is 24.3 Å². The Balaban J connectivity index is 1.50. The Morgan fingerprint density at radius 1 is 0.889 bits per heavy atom. The fourth-order valence-corrected chi connectivity index (χ4v) is 2.69. The van der Waals surface area contributed by atoms with Gasteiger partial charge in [0.2, 0.25) is 5.88 Å². The van der Waals surface area contributed by atoms with Crippen molar-refractivity contribution >= 4 is 5.82 Å². The molecule has 0 unspecified atom stereocenters. The number of aromatic nitrogens is 1. The zero-order valence-electron chi connectivity index (χ0n) is 14.8. The molecule has 27 heavy (non-hydrogen) atoms. The third kappa shape index (κ3) is 3.95. The molecular formula is C21H19N3O3. The minimum atomic E-state index is 0.0850. The summed E-state index contributed by atoms with van der Waals surface area (Å²) in [5.74, 6) is 2.95. The first-order valence-electron chi connectivity index (χ1n) is 8.53. The number of hydrogen-bond acceptors (Lipinski definition) is 6. The number of nitrogens with zero attached hydrogens (tertiary/aromatic N) is 3. The number of phenols is 1. The van der Waals surface area contributed by atoms with Crippen LogP contribution in [0.4, 0.5) is 5.82 Å². The maximum absolute atomic E-state index is 9.85. The standard InChI is InChI=1S/C21H19N3O3/c1-23-12-13-24(15-23)20-10-5-11-21(22-20)27-17-7-4-6-16(14-17)26-19-9-3-2-8-18(19)25/h2-14,25H,15H2,1H3. The van der Waals surface area contributed by atoms with Crippen molar-refractivity contribution in [3.05, 3.63) is 79.1 Å². The molecule has 6 nitrogen and oxygen atoms in total. The monoisotopic (exact) mass is 361 g/mol. The van der Waals surface area contributed by atoms with E-state index in [0.29, 0.717) is 23.1 Å². The molecule has 136 valence electrons. The summed E-state index contributed by atoms with van der Waals surface area (Å²) >= 11 is 0. The number of anilines is 1. The van der Waals surface area contributed by atoms with E-state index in [1.807, 2.05) is 54.7 Å². The summed E-state index contributed by atoms with van der Waals surface area (Å²) in [6, 6.07) is 19.7. The molecule has 0 spiro atoms. The van der Waals surface area contributed by atoms with Crippen LogP contribution in [-0.4, -0.2) is 28.7 Å². The number of benzene rings is 2. The summed E-state index contributed by atoms with van der Waals surface area (Å²) in [6.45, 7) is 0.750. The number of hydrogen-bond donors (Lipinski definition) is 1. The van der Waals surface area contributed by atoms with Crippen LogP contribution in [0.25, 0.3) is 0 Å². The van der Waals surface area contributed by atoms with Gasteiger partial charge >= 0.3 is 0 Å². The van der Waals surface area contributed by atoms with E-state index in [4.69, 9.17) is 9.47 Å². The predicted octanol–water partition coefficient (Wildman–Crippen LogP) is 4.55. The Hall–Kier alpha value is -3.67. The molecule has 0 aliphatic carbocycles. The highest BCUT2D eigenvalue weighted by atomic mass is 16.5. The van der Waals surface area contributed by atoms with Crippen molar-refractivity contribution in [3.63, 3.8) is 0 Å². The summed E-state index contributed by atoms with van der Waals surface area (Å²) in [5, 5.41) is 9.85. The maximum atomic E-state index is 9.85. The van der Waals surface area contributed by atoms with Crippen LogP contribution in [0, 0.1) is 0 Å². The average Bonchev–Trinajstić information content (AvgIpc) is 3.11. The zero-order chi connectivity index (χ0) is 18.6. The molecule has 0 amide bonds. The van der Waals surface area contributed by atoms with Crippen molar-refractivity contribution in [2.24, 2.45) is 0 Å². The zero-order valence-corrected chi connectivity index (χ0v) is 14.8. The highest BCUT2D eigenvalue weighted by Gasteiger charge is 2.13. The molecule has 2 heterocycles. The Bertz CT molecular complexity index is 974. The van der Waals surface area contributed by atoms with Crippen LogP contribution in [0.3, 0.4) is 0 Å². The van der Waals surface area contributed by atoms with Crippen LogP contribution in [0.2, 0.25) is 0 Å². The van der Waals surface area contributed by atoms with Crippen LogP contribution in [-0.2, 0) is 0 Å². The van der Waals surface area contributed by atoms with Gasteiger partial charge in [0.05, 0.1) is 6.67 Å². The Morgan fingerprint density at radius 2 is 1.67 bits per heavy atom. The van der Waals surface area contributed by atoms with Gasteiger partial charge in [-0.3, -0.25) is 0 Å². The second kappa shape index (κ2) is 7.29. The quantitative estimate of drug-likeness (QED) is 0.719. The predicted molar refractivity (Wildman–Crippen MR) is 103 cm³/mol. The van der Waals surface area contributed by atoms with Gasteiger partial charge in [-0.15, -0.1) is 0 Å². The summed E-state index contributed by atoms with van der Waals surface area (Å²) in [7, 11) is 2.01. The third-order valence-corrected chi connectivity index (χ3v) is 4.00. The topological polar surface area (TPSA) is 58.1 Å². The van der Waals surface area contributed by atoms with Gasteiger partial charge in [-0.05, 0) is 30.3 Å². The SMILES string of the molecule is CN1C=CN(c2cccc(Oc3cccc(Oc4ccccc4O)c3)n2)C1. The van der Waals surface area contributed by atoms with Gasteiger partial charge in [0, 0.05) is 31.6 Å². The van der Waals surface area contributed by atoms with E-state index in [1.165, 1.54) is 0 Å². The highest BCUT2D eigenvalue weighted by molar-refractivity contribution is 5.46. The van der Waals surface area contributed by atoms with Crippen molar-refractivity contribution in [2.75, 3.05) is 18.6 Å². The van der Waals surface area contributed by atoms with Crippen molar-refractivity contribution in [3.8, 4) is 28.9 Å². The van der Waals surface area contributed by atoms with Gasteiger partial charge < -0.3 is 24.4 Å². The Kier molecular flexibility index (Phi) is 4.53. The molecule has 1 aliphatic rings.